The molecule has 0 aliphatic carbocycles. The number of fused-ring (bicyclic) bond motifs is 1. The molecule has 0 unspecified atom stereocenters. The number of hydrogen-bond donors (Lipinski definition) is 1. The minimum absolute atomic E-state index is 0.00969. The maximum Gasteiger partial charge on any atom is 0.455 e. The van der Waals surface area contributed by atoms with Crippen LogP contribution in [0.1, 0.15) is 25.0 Å². The molecular weight excluding hydrogens is 447 g/mol. The van der Waals surface area contributed by atoms with Gasteiger partial charge in [-0.1, -0.05) is 24.3 Å². The number of quaternary nitrogens is 1. The molecule has 3 rings (SSSR count). The van der Waals surface area contributed by atoms with Crippen molar-refractivity contribution in [2.24, 2.45) is 0 Å². The Morgan fingerprint density at radius 3 is 2.39 bits per heavy atom. The van der Waals surface area contributed by atoms with Gasteiger partial charge in [0.15, 0.2) is 6.20 Å². The number of aromatic nitrogens is 3. The van der Waals surface area contributed by atoms with Crippen molar-refractivity contribution < 1.29 is 37.3 Å². The van der Waals surface area contributed by atoms with Gasteiger partial charge in [-0.3, -0.25) is 4.68 Å². The van der Waals surface area contributed by atoms with E-state index < -0.39 is 24.1 Å². The molecule has 0 saturated heterocycles. The molecule has 0 fully saturated rings. The molecule has 1 aromatic carbocycles. The van der Waals surface area contributed by atoms with E-state index in [1.54, 1.807) is 36.8 Å². The Bertz CT molecular complexity index is 1210. The monoisotopic (exact) mass is 468 g/mol. The average molecular weight is 468 g/mol. The van der Waals surface area contributed by atoms with Gasteiger partial charge in [0.25, 0.3) is 0 Å². The molecule has 3 aromatic rings. The largest absolute Gasteiger partial charge is 0.455 e. The second kappa shape index (κ2) is 8.84. The Labute approximate surface area is 185 Å². The molecule has 0 radical (unpaired) electrons. The lowest BCUT2D eigenvalue weighted by Crippen LogP contribution is -2.50. The van der Waals surface area contributed by atoms with Crippen LogP contribution in [0.5, 0.6) is 0 Å². The van der Waals surface area contributed by atoms with Crippen LogP contribution in [-0.4, -0.2) is 44.4 Å². The molecule has 0 aliphatic heterocycles. The van der Waals surface area contributed by atoms with Gasteiger partial charge in [-0.25, -0.2) is 10.5 Å². The summed E-state index contributed by atoms with van der Waals surface area (Å²) < 4.78 is 66.7. The van der Waals surface area contributed by atoms with Crippen LogP contribution in [0.4, 0.5) is 27.8 Å². The van der Waals surface area contributed by atoms with Gasteiger partial charge in [-0.05, 0) is 24.4 Å². The van der Waals surface area contributed by atoms with Crippen LogP contribution < -0.4 is 5.90 Å². The van der Waals surface area contributed by atoms with Crippen molar-refractivity contribution in [2.45, 2.75) is 37.9 Å². The highest BCUT2D eigenvalue weighted by Gasteiger charge is 2.58. The smallest absolute Gasteiger partial charge is 0.255 e. The summed E-state index contributed by atoms with van der Waals surface area (Å²) in [5.74, 6) is -1.24. The molecule has 12 heteroatoms. The molecule has 0 amide bonds. The quantitative estimate of drug-likeness (QED) is 0.189. The van der Waals surface area contributed by atoms with Crippen molar-refractivity contribution in [1.82, 2.24) is 14.8 Å². The predicted octanol–water partition coefficient (Wildman–Crippen LogP) is 3.32. The molecule has 0 bridgehead atoms. The molecule has 33 heavy (non-hydrogen) atoms. The van der Waals surface area contributed by atoms with Gasteiger partial charge in [0.05, 0.1) is 17.7 Å². The molecule has 0 saturated carbocycles. The maximum absolute atomic E-state index is 13.4. The molecule has 0 spiro atoms. The molecule has 174 valence electrons. The van der Waals surface area contributed by atoms with Crippen LogP contribution in [0, 0.1) is 11.3 Å². The van der Waals surface area contributed by atoms with E-state index in [1.165, 1.54) is 18.5 Å². The third-order valence-electron chi connectivity index (χ3n) is 5.02. The van der Waals surface area contributed by atoms with Crippen molar-refractivity contribution >= 4 is 22.9 Å². The third kappa shape index (κ3) is 5.15. The van der Waals surface area contributed by atoms with Gasteiger partial charge < -0.3 is 0 Å². The highest BCUT2D eigenvalue weighted by atomic mass is 19.4. The fourth-order valence-electron chi connectivity index (χ4n) is 3.02. The third-order valence-corrected chi connectivity index (χ3v) is 5.02. The topological polar surface area (TPSA) is 94.4 Å². The molecule has 2 heterocycles. The fourth-order valence-corrected chi connectivity index (χ4v) is 3.02. The number of nitrogens with zero attached hydrogens (tertiary/aromatic N) is 5. The van der Waals surface area contributed by atoms with Crippen LogP contribution in [0.25, 0.3) is 10.9 Å². The van der Waals surface area contributed by atoms with E-state index in [0.29, 0.717) is 15.9 Å². The second-order valence-corrected chi connectivity index (χ2v) is 7.90. The van der Waals surface area contributed by atoms with E-state index in [1.807, 2.05) is 12.1 Å². The number of rotatable bonds is 7. The Hall–Kier alpha value is -3.43. The van der Waals surface area contributed by atoms with Crippen molar-refractivity contribution in [3.05, 3.63) is 53.9 Å². The first-order valence-corrected chi connectivity index (χ1v) is 9.64. The number of hydrogen-bond acceptors (Lipinski definition) is 4. The zero-order valence-corrected chi connectivity index (χ0v) is 17.8. The van der Waals surface area contributed by atoms with Gasteiger partial charge in [-0.15, -0.1) is 0 Å². The van der Waals surface area contributed by atoms with E-state index in [0.717, 1.165) is 11.1 Å². The van der Waals surface area contributed by atoms with Crippen LogP contribution in [0.2, 0.25) is 0 Å². The van der Waals surface area contributed by atoms with Crippen LogP contribution in [-0.2, 0) is 16.8 Å². The summed E-state index contributed by atoms with van der Waals surface area (Å²) in [4.78, 5) is 9.14. The summed E-state index contributed by atoms with van der Waals surface area (Å²) in [5, 5.41) is 13.3. The number of nitriles is 1. The Morgan fingerprint density at radius 2 is 1.82 bits per heavy atom. The van der Waals surface area contributed by atoms with Gasteiger partial charge in [-0.2, -0.15) is 37.2 Å². The highest BCUT2D eigenvalue weighted by molar-refractivity contribution is 5.80. The fraction of sp³-hybridized carbons (Fsp3) is 0.333. The van der Waals surface area contributed by atoms with Crippen molar-refractivity contribution in [3.8, 4) is 6.07 Å². The molecule has 3 N–H and O–H groups in total. The van der Waals surface area contributed by atoms with Gasteiger partial charge in [0.1, 0.15) is 18.3 Å². The lowest BCUT2D eigenvalue weighted by Gasteiger charge is -2.19. The number of benzene rings is 1. The second-order valence-electron chi connectivity index (χ2n) is 7.90. The van der Waals surface area contributed by atoms with Gasteiger partial charge >= 0.3 is 17.9 Å². The van der Waals surface area contributed by atoms with E-state index >= 15 is 0 Å². The van der Waals surface area contributed by atoms with Crippen LogP contribution in [0.15, 0.2) is 42.7 Å². The summed E-state index contributed by atoms with van der Waals surface area (Å²) >= 11 is 0. The van der Waals surface area contributed by atoms with Crippen LogP contribution in [0.3, 0.4) is 0 Å². The van der Waals surface area contributed by atoms with E-state index in [2.05, 4.69) is 22.0 Å². The van der Waals surface area contributed by atoms with Crippen molar-refractivity contribution in [2.75, 3.05) is 6.73 Å². The molecule has 2 aromatic heterocycles. The summed E-state index contributed by atoms with van der Waals surface area (Å²) in [6.45, 7) is 1.95. The molecular formula is C21H21F5N6O+2. The van der Waals surface area contributed by atoms with E-state index in [4.69, 9.17) is 4.84 Å². The molecule has 0 aliphatic rings. The van der Waals surface area contributed by atoms with E-state index in [-0.39, 0.29) is 12.2 Å². The predicted molar refractivity (Wildman–Crippen MR) is 108 cm³/mol. The molecule has 7 nitrogen and oxygen atoms in total. The molecule has 0 atom stereocenters. The Morgan fingerprint density at radius 1 is 1.15 bits per heavy atom. The average Bonchev–Trinajstić information content (AvgIpc) is 3.14. The Kier molecular flexibility index (Phi) is 6.49. The number of alkyl halides is 5. The standard InChI is InChI=1S/C21H21F5N6O/c1-19(2,11-27)16-5-3-14(4-6-16)10-31(13-33-28)18-7-15-8-30-32(17(15)9-29-18)12-20(22,23)21(24,25)26/h3-10H,12-13H2,1-2,28H3/q+2. The van der Waals surface area contributed by atoms with Gasteiger partial charge in [0.2, 0.25) is 6.73 Å². The minimum Gasteiger partial charge on any atom is -0.255 e. The van der Waals surface area contributed by atoms with Crippen molar-refractivity contribution in [1.29, 1.82) is 5.26 Å². The van der Waals surface area contributed by atoms with Gasteiger partial charge in [0, 0.05) is 17.0 Å². The summed E-state index contributed by atoms with van der Waals surface area (Å²) in [5.41, 5.74) is 0.975. The normalized spacial score (nSPS) is 13.4. The highest BCUT2D eigenvalue weighted by Crippen LogP contribution is 2.37. The first kappa shape index (κ1) is 24.2. The zero-order valence-electron chi connectivity index (χ0n) is 17.8. The number of halogens is 5. The minimum atomic E-state index is -5.69. The lowest BCUT2D eigenvalue weighted by molar-refractivity contribution is -0.745. The van der Waals surface area contributed by atoms with Crippen molar-refractivity contribution in [3.63, 3.8) is 0 Å². The summed E-state index contributed by atoms with van der Waals surface area (Å²) in [6, 6.07) is 11.0. The first-order valence-electron chi connectivity index (χ1n) is 9.64. The SMILES string of the molecule is CC(C)(C#N)c1ccc(C=[N+](CO[NH3+])c2cc3cnn(CC(F)(F)C(F)(F)F)c3cn2)cc1. The Balaban J connectivity index is 1.93. The zero-order chi connectivity index (χ0) is 24.4. The number of pyridine rings is 1. The van der Waals surface area contributed by atoms with Crippen LogP contribution >= 0.6 is 0 Å². The summed E-state index contributed by atoms with van der Waals surface area (Å²) in [7, 11) is 0. The maximum atomic E-state index is 13.4. The summed E-state index contributed by atoms with van der Waals surface area (Å²) in [6.07, 6.45) is -1.62. The van der Waals surface area contributed by atoms with E-state index in [9.17, 15) is 27.2 Å². The first-order chi connectivity index (χ1) is 15.4. The lowest BCUT2D eigenvalue weighted by atomic mass is 9.86.